The van der Waals surface area contributed by atoms with Crippen LogP contribution in [0.2, 0.25) is 0 Å². The fraction of sp³-hybridized carbons (Fsp3) is 0.440. The van der Waals surface area contributed by atoms with Crippen LogP contribution >= 0.6 is 0 Å². The highest BCUT2D eigenvalue weighted by atomic mass is 19.4. The second-order valence-corrected chi connectivity index (χ2v) is 9.13. The number of amides is 2. The van der Waals surface area contributed by atoms with Gasteiger partial charge in [0, 0.05) is 19.3 Å². The van der Waals surface area contributed by atoms with E-state index in [1.165, 1.54) is 24.3 Å². The summed E-state index contributed by atoms with van der Waals surface area (Å²) in [7, 11) is 1.49. The Morgan fingerprint density at radius 1 is 1.14 bits per heavy atom. The fourth-order valence-electron chi connectivity index (χ4n) is 3.44. The first-order valence-corrected chi connectivity index (χ1v) is 12.7. The number of aliphatic carboxylic acids is 1. The van der Waals surface area contributed by atoms with E-state index < -0.39 is 18.3 Å². The van der Waals surface area contributed by atoms with Crippen molar-refractivity contribution in [1.82, 2.24) is 35.5 Å². The van der Waals surface area contributed by atoms with Crippen LogP contribution in [0.1, 0.15) is 47.6 Å². The predicted octanol–water partition coefficient (Wildman–Crippen LogP) is 2.54. The number of hydrogen-bond acceptors (Lipinski definition) is 9. The van der Waals surface area contributed by atoms with Gasteiger partial charge in [0.25, 0.3) is 5.91 Å². The molecule has 3 N–H and O–H groups in total. The molecule has 0 aliphatic heterocycles. The van der Waals surface area contributed by atoms with Crippen LogP contribution in [0.15, 0.2) is 36.7 Å². The monoisotopic (exact) mass is 596 g/mol. The maximum atomic E-state index is 14.3. The van der Waals surface area contributed by atoms with Gasteiger partial charge in [0.15, 0.2) is 11.5 Å². The van der Waals surface area contributed by atoms with Gasteiger partial charge in [0.05, 0.1) is 36.7 Å². The summed E-state index contributed by atoms with van der Waals surface area (Å²) in [5.74, 6) is -2.38. The number of alkyl halides is 4. The van der Waals surface area contributed by atoms with Gasteiger partial charge in [-0.15, -0.1) is 10.2 Å². The Bertz CT molecular complexity index is 1350. The Hall–Kier alpha value is -4.70. The van der Waals surface area contributed by atoms with Crippen LogP contribution in [0, 0.1) is 0 Å². The zero-order valence-corrected chi connectivity index (χ0v) is 22.3. The lowest BCUT2D eigenvalue weighted by atomic mass is 9.96. The molecule has 1 fully saturated rings. The van der Waals surface area contributed by atoms with Crippen LogP contribution in [0.25, 0.3) is 0 Å². The summed E-state index contributed by atoms with van der Waals surface area (Å²) >= 11 is 0. The quantitative estimate of drug-likeness (QED) is 0.279. The second-order valence-electron chi connectivity index (χ2n) is 9.13. The van der Waals surface area contributed by atoms with Crippen molar-refractivity contribution in [3.05, 3.63) is 53.7 Å². The average Bonchev–Trinajstić information content (AvgIpc) is 3.38. The molecule has 3 aromatic rings. The SMILES string of the molecule is CNC(=O)c1cn(CC(F)CCc2ccc(NC(=O)Cc3cc(OC4CCC4)ccn3)nn2)nn1.O=C(O)C(F)(F)F. The molecule has 3 aromatic heterocycles. The number of rotatable bonds is 11. The molecule has 3 heterocycles. The maximum Gasteiger partial charge on any atom is 0.490 e. The molecule has 0 aromatic carbocycles. The van der Waals surface area contributed by atoms with E-state index in [-0.39, 0.29) is 43.0 Å². The number of pyridine rings is 1. The largest absolute Gasteiger partial charge is 0.490 e. The molecule has 42 heavy (non-hydrogen) atoms. The number of anilines is 1. The minimum absolute atomic E-state index is 0.0213. The van der Waals surface area contributed by atoms with Crippen LogP contribution in [0.5, 0.6) is 5.75 Å². The highest BCUT2D eigenvalue weighted by molar-refractivity contribution is 5.91. The highest BCUT2D eigenvalue weighted by Crippen LogP contribution is 2.25. The molecular formula is C25H28F4N8O5. The smallest absolute Gasteiger partial charge is 0.490 e. The van der Waals surface area contributed by atoms with Gasteiger partial charge < -0.3 is 20.5 Å². The van der Waals surface area contributed by atoms with E-state index in [2.05, 4.69) is 36.1 Å². The third kappa shape index (κ3) is 10.4. The number of aryl methyl sites for hydroxylation is 1. The van der Waals surface area contributed by atoms with E-state index in [9.17, 15) is 27.2 Å². The van der Waals surface area contributed by atoms with E-state index in [0.717, 1.165) is 18.6 Å². The summed E-state index contributed by atoms with van der Waals surface area (Å²) in [6, 6.07) is 6.89. The summed E-state index contributed by atoms with van der Waals surface area (Å²) in [6.07, 6.45) is 0.931. The highest BCUT2D eigenvalue weighted by Gasteiger charge is 2.38. The fourth-order valence-corrected chi connectivity index (χ4v) is 3.44. The third-order valence-corrected chi connectivity index (χ3v) is 5.81. The number of carbonyl (C=O) groups excluding carboxylic acids is 2. The van der Waals surface area contributed by atoms with E-state index in [4.69, 9.17) is 14.6 Å². The number of halogens is 4. The molecule has 0 saturated heterocycles. The van der Waals surface area contributed by atoms with E-state index in [1.807, 2.05) is 0 Å². The number of nitrogens with zero attached hydrogens (tertiary/aromatic N) is 6. The Morgan fingerprint density at radius 3 is 2.48 bits per heavy atom. The van der Waals surface area contributed by atoms with Gasteiger partial charge in [0.2, 0.25) is 5.91 Å². The summed E-state index contributed by atoms with van der Waals surface area (Å²) < 4.78 is 53.2. The van der Waals surface area contributed by atoms with Crippen LogP contribution in [-0.4, -0.2) is 78.6 Å². The average molecular weight is 597 g/mol. The lowest BCUT2D eigenvalue weighted by Crippen LogP contribution is -2.24. The molecule has 1 atom stereocenters. The van der Waals surface area contributed by atoms with Crippen molar-refractivity contribution >= 4 is 23.6 Å². The molecular weight excluding hydrogens is 568 g/mol. The van der Waals surface area contributed by atoms with E-state index in [0.29, 0.717) is 23.6 Å². The molecule has 0 bridgehead atoms. The summed E-state index contributed by atoms with van der Waals surface area (Å²) in [4.78, 5) is 37.0. The molecule has 0 spiro atoms. The molecule has 1 aliphatic rings. The minimum atomic E-state index is -5.08. The van der Waals surface area contributed by atoms with Crippen LogP contribution < -0.4 is 15.4 Å². The Labute approximate surface area is 236 Å². The van der Waals surface area contributed by atoms with Crippen molar-refractivity contribution in [2.45, 2.75) is 63.5 Å². The standard InChI is InChI=1S/C23H27FN8O3.C2HF3O2/c1-25-23(34)20-14-32(31-29-20)13-15(24)5-6-16-7-8-21(30-28-16)27-22(33)12-17-11-19(9-10-26-17)35-18-3-2-4-18;3-2(4,5)1(6)7/h7-11,14-15,18H,2-6,12-13H2,1H3,(H,25,34)(H,27,30,33);(H,6,7). The number of hydrogen-bond donors (Lipinski definition) is 3. The number of carbonyl (C=O) groups is 3. The van der Waals surface area contributed by atoms with Crippen molar-refractivity contribution in [1.29, 1.82) is 0 Å². The van der Waals surface area contributed by atoms with Crippen molar-refractivity contribution in [3.63, 3.8) is 0 Å². The van der Waals surface area contributed by atoms with E-state index >= 15 is 0 Å². The molecule has 4 rings (SSSR count). The van der Waals surface area contributed by atoms with Crippen LogP contribution in [0.3, 0.4) is 0 Å². The number of nitrogens with one attached hydrogen (secondary N) is 2. The van der Waals surface area contributed by atoms with Gasteiger partial charge in [-0.05, 0) is 50.3 Å². The Balaban J connectivity index is 0.000000616. The summed E-state index contributed by atoms with van der Waals surface area (Å²) in [5.41, 5.74) is 1.33. The molecule has 2 amide bonds. The second kappa shape index (κ2) is 14.8. The van der Waals surface area contributed by atoms with E-state index in [1.54, 1.807) is 30.5 Å². The first-order chi connectivity index (χ1) is 19.9. The lowest BCUT2D eigenvalue weighted by Gasteiger charge is -2.26. The van der Waals surface area contributed by atoms with Crippen molar-refractivity contribution in [2.24, 2.45) is 0 Å². The summed E-state index contributed by atoms with van der Waals surface area (Å²) in [5, 5.41) is 27.8. The normalized spacial score (nSPS) is 13.6. The molecule has 1 aliphatic carbocycles. The minimum Gasteiger partial charge on any atom is -0.490 e. The van der Waals surface area contributed by atoms with Crippen molar-refractivity contribution < 1.29 is 41.8 Å². The van der Waals surface area contributed by atoms with Crippen molar-refractivity contribution in [3.8, 4) is 5.75 Å². The predicted molar refractivity (Wildman–Crippen MR) is 137 cm³/mol. The van der Waals surface area contributed by atoms with Gasteiger partial charge >= 0.3 is 12.1 Å². The molecule has 1 unspecified atom stereocenters. The molecule has 226 valence electrons. The molecule has 17 heteroatoms. The third-order valence-electron chi connectivity index (χ3n) is 5.81. The first-order valence-electron chi connectivity index (χ1n) is 12.7. The van der Waals surface area contributed by atoms with Gasteiger partial charge in [-0.25, -0.2) is 13.9 Å². The topological polar surface area (TPSA) is 174 Å². The number of ether oxygens (including phenoxy) is 1. The Kier molecular flexibility index (Phi) is 11.2. The molecule has 1 saturated carbocycles. The van der Waals surface area contributed by atoms with Crippen LogP contribution in [-0.2, 0) is 29.0 Å². The van der Waals surface area contributed by atoms with Gasteiger partial charge in [-0.1, -0.05) is 5.21 Å². The number of carboxylic acid groups (broad SMARTS) is 1. The van der Waals surface area contributed by atoms with Gasteiger partial charge in [-0.3, -0.25) is 14.6 Å². The first kappa shape index (κ1) is 31.8. The van der Waals surface area contributed by atoms with Crippen molar-refractivity contribution in [2.75, 3.05) is 12.4 Å². The van der Waals surface area contributed by atoms with Gasteiger partial charge in [0.1, 0.15) is 11.9 Å². The zero-order valence-electron chi connectivity index (χ0n) is 22.3. The molecule has 13 nitrogen and oxygen atoms in total. The Morgan fingerprint density at radius 2 is 1.88 bits per heavy atom. The lowest BCUT2D eigenvalue weighted by molar-refractivity contribution is -0.192. The number of carboxylic acids is 1. The van der Waals surface area contributed by atoms with Gasteiger partial charge in [-0.2, -0.15) is 18.3 Å². The zero-order chi connectivity index (χ0) is 30.7. The van der Waals surface area contributed by atoms with Crippen LogP contribution in [0.4, 0.5) is 23.4 Å². The number of aromatic nitrogens is 6. The molecule has 0 radical (unpaired) electrons. The summed E-state index contributed by atoms with van der Waals surface area (Å²) in [6.45, 7) is -0.0213. The maximum absolute atomic E-state index is 14.3.